The van der Waals surface area contributed by atoms with Gasteiger partial charge in [0.2, 0.25) is 0 Å². The van der Waals surface area contributed by atoms with Gasteiger partial charge in [0.1, 0.15) is 5.82 Å². The first kappa shape index (κ1) is 6.39. The Morgan fingerprint density at radius 3 is 3.00 bits per heavy atom. The number of aryl methyl sites for hydroxylation is 2. The summed E-state index contributed by atoms with van der Waals surface area (Å²) >= 11 is 0. The summed E-state index contributed by atoms with van der Waals surface area (Å²) in [7, 11) is 0. The molecule has 4 heteroatoms. The van der Waals surface area contributed by atoms with Crippen molar-refractivity contribution in [3.8, 4) is 0 Å². The van der Waals surface area contributed by atoms with E-state index in [1.807, 2.05) is 13.0 Å². The highest BCUT2D eigenvalue weighted by molar-refractivity contribution is 5.37. The first-order valence-electron chi connectivity index (χ1n) is 3.71. The van der Waals surface area contributed by atoms with Crippen molar-refractivity contribution in [2.24, 2.45) is 0 Å². The van der Waals surface area contributed by atoms with E-state index in [1.54, 1.807) is 4.63 Å². The highest BCUT2D eigenvalue weighted by atomic mass is 15.5. The van der Waals surface area contributed by atoms with Crippen molar-refractivity contribution in [2.45, 2.75) is 20.3 Å². The zero-order valence-electron chi connectivity index (χ0n) is 6.63. The van der Waals surface area contributed by atoms with Crippen LogP contribution in [0.5, 0.6) is 0 Å². The lowest BCUT2D eigenvalue weighted by molar-refractivity contribution is 0.780. The molecule has 0 saturated carbocycles. The number of H-pyrrole nitrogens is 1. The van der Waals surface area contributed by atoms with Crippen LogP contribution in [-0.2, 0) is 6.42 Å². The minimum atomic E-state index is 0.898. The Morgan fingerprint density at radius 1 is 1.55 bits per heavy atom. The van der Waals surface area contributed by atoms with Gasteiger partial charge in [-0.15, -0.1) is 9.73 Å². The van der Waals surface area contributed by atoms with Crippen LogP contribution in [0.25, 0.3) is 5.65 Å². The maximum Gasteiger partial charge on any atom is 0.155 e. The molecule has 11 heavy (non-hydrogen) atoms. The van der Waals surface area contributed by atoms with Gasteiger partial charge in [-0.05, 0) is 13.3 Å². The standard InChI is InChI=1S/C7H10N4/c1-3-6-4-7-8-5(2)9-11(7)10-6/h4H,3H2,1-2H3,(H,8,9). The average Bonchev–Trinajstić information content (AvgIpc) is 2.43. The van der Waals surface area contributed by atoms with Gasteiger partial charge in [-0.3, -0.25) is 0 Å². The Bertz CT molecular complexity index is 339. The van der Waals surface area contributed by atoms with Crippen LogP contribution in [-0.4, -0.2) is 19.8 Å². The zero-order chi connectivity index (χ0) is 7.84. The second-order valence-electron chi connectivity index (χ2n) is 2.57. The second kappa shape index (κ2) is 2.08. The van der Waals surface area contributed by atoms with Crippen LogP contribution in [0.4, 0.5) is 0 Å². The van der Waals surface area contributed by atoms with E-state index in [4.69, 9.17) is 0 Å². The van der Waals surface area contributed by atoms with Crippen LogP contribution in [0.15, 0.2) is 6.07 Å². The summed E-state index contributed by atoms with van der Waals surface area (Å²) in [6, 6.07) is 2.01. The summed E-state index contributed by atoms with van der Waals surface area (Å²) in [6.45, 7) is 3.99. The largest absolute Gasteiger partial charge is 0.326 e. The van der Waals surface area contributed by atoms with Crippen molar-refractivity contribution in [2.75, 3.05) is 0 Å². The van der Waals surface area contributed by atoms with Gasteiger partial charge in [-0.2, -0.15) is 5.10 Å². The average molecular weight is 150 g/mol. The third kappa shape index (κ3) is 0.906. The van der Waals surface area contributed by atoms with Crippen molar-refractivity contribution in [1.82, 2.24) is 19.8 Å². The van der Waals surface area contributed by atoms with Gasteiger partial charge >= 0.3 is 0 Å². The fraction of sp³-hybridized carbons (Fsp3) is 0.429. The second-order valence-corrected chi connectivity index (χ2v) is 2.57. The molecular formula is C7H10N4. The lowest BCUT2D eigenvalue weighted by Crippen LogP contribution is -1.88. The maximum absolute atomic E-state index is 4.23. The fourth-order valence-electron chi connectivity index (χ4n) is 1.11. The molecule has 0 bridgehead atoms. The molecule has 0 aliphatic rings. The summed E-state index contributed by atoms with van der Waals surface area (Å²) in [5.74, 6) is 0.898. The summed E-state index contributed by atoms with van der Waals surface area (Å²) in [5.41, 5.74) is 2.04. The molecule has 0 amide bonds. The van der Waals surface area contributed by atoms with E-state index in [2.05, 4.69) is 22.1 Å². The number of nitrogens with zero attached hydrogens (tertiary/aromatic N) is 3. The Balaban J connectivity index is 2.64. The first-order chi connectivity index (χ1) is 5.29. The SMILES string of the molecule is CCc1cc2[nH]c(C)nn2n1. The van der Waals surface area contributed by atoms with Crippen LogP contribution >= 0.6 is 0 Å². The number of fused-ring (bicyclic) bond motifs is 1. The molecule has 0 fully saturated rings. The van der Waals surface area contributed by atoms with E-state index in [0.29, 0.717) is 0 Å². The van der Waals surface area contributed by atoms with Crippen LogP contribution in [0.2, 0.25) is 0 Å². The van der Waals surface area contributed by atoms with Crippen molar-refractivity contribution in [3.05, 3.63) is 17.6 Å². The van der Waals surface area contributed by atoms with E-state index < -0.39 is 0 Å². The maximum atomic E-state index is 4.23. The molecule has 0 spiro atoms. The molecule has 2 rings (SSSR count). The molecule has 2 aromatic rings. The first-order valence-corrected chi connectivity index (χ1v) is 3.71. The topological polar surface area (TPSA) is 46.0 Å². The molecule has 0 saturated heterocycles. The van der Waals surface area contributed by atoms with Gasteiger partial charge in [0.15, 0.2) is 5.65 Å². The van der Waals surface area contributed by atoms with Crippen LogP contribution in [0, 0.1) is 6.92 Å². The molecule has 58 valence electrons. The molecule has 1 N–H and O–H groups in total. The number of aromatic amines is 1. The Morgan fingerprint density at radius 2 is 2.36 bits per heavy atom. The lowest BCUT2D eigenvalue weighted by Gasteiger charge is -1.81. The third-order valence-electron chi connectivity index (χ3n) is 1.66. The van der Waals surface area contributed by atoms with Gasteiger partial charge in [-0.1, -0.05) is 6.92 Å². The minimum Gasteiger partial charge on any atom is -0.326 e. The summed E-state index contributed by atoms with van der Waals surface area (Å²) in [6.07, 6.45) is 0.955. The molecule has 0 unspecified atom stereocenters. The van der Waals surface area contributed by atoms with E-state index >= 15 is 0 Å². The molecule has 0 aromatic carbocycles. The van der Waals surface area contributed by atoms with Crippen molar-refractivity contribution in [1.29, 1.82) is 0 Å². The Labute approximate surface area is 64.2 Å². The fourth-order valence-corrected chi connectivity index (χ4v) is 1.11. The van der Waals surface area contributed by atoms with Crippen molar-refractivity contribution in [3.63, 3.8) is 0 Å². The minimum absolute atomic E-state index is 0.898. The van der Waals surface area contributed by atoms with Crippen molar-refractivity contribution < 1.29 is 0 Å². The molecule has 2 aromatic heterocycles. The highest BCUT2D eigenvalue weighted by Crippen LogP contribution is 2.03. The monoisotopic (exact) mass is 150 g/mol. The number of hydrogen-bond acceptors (Lipinski definition) is 2. The van der Waals surface area contributed by atoms with E-state index in [9.17, 15) is 0 Å². The predicted molar refractivity (Wildman–Crippen MR) is 41.5 cm³/mol. The number of hydrogen-bond donors (Lipinski definition) is 1. The van der Waals surface area contributed by atoms with Crippen molar-refractivity contribution >= 4 is 5.65 Å². The summed E-state index contributed by atoms with van der Waals surface area (Å²) < 4.78 is 1.63. The molecule has 4 nitrogen and oxygen atoms in total. The van der Waals surface area contributed by atoms with E-state index in [1.165, 1.54) is 0 Å². The molecule has 0 aliphatic heterocycles. The molecule has 0 atom stereocenters. The van der Waals surface area contributed by atoms with Gasteiger partial charge in [0, 0.05) is 6.07 Å². The normalized spacial score (nSPS) is 11.1. The number of rotatable bonds is 1. The third-order valence-corrected chi connectivity index (χ3v) is 1.66. The van der Waals surface area contributed by atoms with Crippen LogP contribution in [0.1, 0.15) is 18.4 Å². The molecule has 2 heterocycles. The molecule has 0 aliphatic carbocycles. The number of aromatic nitrogens is 4. The smallest absolute Gasteiger partial charge is 0.155 e. The Hall–Kier alpha value is -1.32. The van der Waals surface area contributed by atoms with Gasteiger partial charge < -0.3 is 4.98 Å². The van der Waals surface area contributed by atoms with E-state index in [-0.39, 0.29) is 0 Å². The van der Waals surface area contributed by atoms with Gasteiger partial charge in [0.25, 0.3) is 0 Å². The molecular weight excluding hydrogens is 140 g/mol. The number of nitrogens with one attached hydrogen (secondary N) is 1. The zero-order valence-corrected chi connectivity index (χ0v) is 6.63. The predicted octanol–water partition coefficient (Wildman–Crippen LogP) is 0.928. The Kier molecular flexibility index (Phi) is 1.21. The lowest BCUT2D eigenvalue weighted by atomic mass is 10.3. The van der Waals surface area contributed by atoms with E-state index in [0.717, 1.165) is 23.6 Å². The van der Waals surface area contributed by atoms with Crippen LogP contribution in [0.3, 0.4) is 0 Å². The molecule has 0 radical (unpaired) electrons. The summed E-state index contributed by atoms with van der Waals surface area (Å²) in [5, 5.41) is 8.36. The quantitative estimate of drug-likeness (QED) is 0.657. The van der Waals surface area contributed by atoms with Gasteiger partial charge in [-0.25, -0.2) is 0 Å². The highest BCUT2D eigenvalue weighted by Gasteiger charge is 2.01. The van der Waals surface area contributed by atoms with Crippen LogP contribution < -0.4 is 0 Å². The summed E-state index contributed by atoms with van der Waals surface area (Å²) in [4.78, 5) is 3.10. The van der Waals surface area contributed by atoms with Gasteiger partial charge in [0.05, 0.1) is 5.69 Å².